The fourth-order valence-corrected chi connectivity index (χ4v) is 10.4. The van der Waals surface area contributed by atoms with Gasteiger partial charge in [-0.25, -0.2) is 0 Å². The van der Waals surface area contributed by atoms with Crippen LogP contribution in [0.25, 0.3) is 60.6 Å². The Balaban J connectivity index is 1.02. The maximum Gasteiger partial charge on any atom is 0.0617 e. The second kappa shape index (κ2) is 14.1. The van der Waals surface area contributed by atoms with E-state index in [1.807, 2.05) is 0 Å². The molecule has 0 radical (unpaired) electrons. The number of anilines is 3. The lowest BCUT2D eigenvalue weighted by molar-refractivity contribution is 0.660. The molecule has 0 aliphatic heterocycles. The minimum atomic E-state index is -0.215. The fourth-order valence-electron chi connectivity index (χ4n) is 10.4. The summed E-state index contributed by atoms with van der Waals surface area (Å²) < 4.78 is 2.55. The van der Waals surface area contributed by atoms with Crippen molar-refractivity contribution in [2.45, 2.75) is 52.4 Å². The summed E-state index contributed by atoms with van der Waals surface area (Å²) in [4.78, 5) is 2.44. The highest BCUT2D eigenvalue weighted by Gasteiger charge is 2.37. The van der Waals surface area contributed by atoms with Crippen LogP contribution < -0.4 is 4.90 Å². The van der Waals surface area contributed by atoms with Crippen molar-refractivity contribution >= 4 is 55.4 Å². The Hall–Kier alpha value is -6.90. The lowest BCUT2D eigenvalue weighted by Gasteiger charge is -2.29. The number of aryl methyl sites for hydroxylation is 1. The van der Waals surface area contributed by atoms with Gasteiger partial charge in [0.1, 0.15) is 0 Å². The average molecular weight is 773 g/mol. The molecule has 0 saturated heterocycles. The summed E-state index contributed by atoms with van der Waals surface area (Å²) in [5.74, 6) is 0. The SMILES string of the molecule is C/C=C(/c1ccc2c(c1)C(C)(C)c1cc(N(c3ccc(-c4ccccc4)cc3)c3cccc(C4=CC=CCC4)c3)ccc1-2)c1c(CC)c2cccc3c4ccccc4n1c23. The van der Waals surface area contributed by atoms with Crippen LogP contribution >= 0.6 is 0 Å². The van der Waals surface area contributed by atoms with Gasteiger partial charge in [-0.05, 0) is 130 Å². The number of allylic oxidation sites excluding steroid dienone is 5. The Morgan fingerprint density at radius 1 is 0.633 bits per heavy atom. The zero-order valence-corrected chi connectivity index (χ0v) is 34.8. The number of benzene rings is 7. The molecule has 0 atom stereocenters. The second-order valence-electron chi connectivity index (χ2n) is 17.0. The van der Waals surface area contributed by atoms with Crippen LogP contribution in [0.2, 0.25) is 0 Å². The third-order valence-corrected chi connectivity index (χ3v) is 13.4. The third-order valence-electron chi connectivity index (χ3n) is 13.4. The molecule has 2 heterocycles. The van der Waals surface area contributed by atoms with Gasteiger partial charge in [-0.15, -0.1) is 0 Å². The number of aromatic nitrogens is 1. The lowest BCUT2D eigenvalue weighted by atomic mass is 9.81. The minimum Gasteiger partial charge on any atom is -0.310 e. The number of hydrogen-bond donors (Lipinski definition) is 0. The molecule has 290 valence electrons. The summed E-state index contributed by atoms with van der Waals surface area (Å²) in [5, 5.41) is 4.01. The van der Waals surface area contributed by atoms with Crippen LogP contribution in [-0.4, -0.2) is 4.40 Å². The average Bonchev–Trinajstić information content (AvgIpc) is 3.90. The monoisotopic (exact) mass is 772 g/mol. The predicted molar refractivity (Wildman–Crippen MR) is 256 cm³/mol. The van der Waals surface area contributed by atoms with Gasteiger partial charge in [0.15, 0.2) is 0 Å². The topological polar surface area (TPSA) is 7.65 Å². The van der Waals surface area contributed by atoms with E-state index in [-0.39, 0.29) is 5.41 Å². The summed E-state index contributed by atoms with van der Waals surface area (Å²) in [6, 6.07) is 58.9. The lowest BCUT2D eigenvalue weighted by Crippen LogP contribution is -2.17. The van der Waals surface area contributed by atoms with E-state index in [1.54, 1.807) is 0 Å². The van der Waals surface area contributed by atoms with Crippen LogP contribution in [0.4, 0.5) is 17.1 Å². The highest BCUT2D eigenvalue weighted by Crippen LogP contribution is 2.52. The molecular formula is C58H48N2. The standard InChI is InChI=1S/C58H48N2/c1-5-46(56-47(6-2)51-24-16-25-52-50-23-13-14-26-55(50)60(56)57(51)52)42-29-33-48-49-34-32-45(37-54(49)58(3,4)53(48)36-42)59(43-30-27-40(28-31-43)38-17-9-7-10-18-38)44-22-15-21-41(35-44)39-19-11-8-12-20-39/h5,7-11,13-19,21-37H,6,12,20H2,1-4H3/b46-5-. The molecule has 60 heavy (non-hydrogen) atoms. The highest BCUT2D eigenvalue weighted by atomic mass is 15.1. The Kier molecular flexibility index (Phi) is 8.53. The van der Waals surface area contributed by atoms with Crippen LogP contribution in [0.1, 0.15) is 74.0 Å². The number of nitrogens with zero attached hydrogens (tertiary/aromatic N) is 2. The molecule has 9 aromatic rings. The summed E-state index contributed by atoms with van der Waals surface area (Å²) in [5.41, 5.74) is 21.6. The van der Waals surface area contributed by atoms with E-state index >= 15 is 0 Å². The van der Waals surface area contributed by atoms with Gasteiger partial charge in [0.25, 0.3) is 0 Å². The summed E-state index contributed by atoms with van der Waals surface area (Å²) in [6.45, 7) is 9.33. The Morgan fingerprint density at radius 2 is 1.30 bits per heavy atom. The highest BCUT2D eigenvalue weighted by molar-refractivity contribution is 6.17. The summed E-state index contributed by atoms with van der Waals surface area (Å²) in [7, 11) is 0. The third kappa shape index (κ3) is 5.54. The smallest absolute Gasteiger partial charge is 0.0617 e. The number of para-hydroxylation sites is 2. The van der Waals surface area contributed by atoms with Crippen molar-refractivity contribution in [2.24, 2.45) is 0 Å². The molecule has 11 rings (SSSR count). The van der Waals surface area contributed by atoms with Crippen molar-refractivity contribution in [3.63, 3.8) is 0 Å². The second-order valence-corrected chi connectivity index (χ2v) is 17.0. The van der Waals surface area contributed by atoms with Crippen molar-refractivity contribution in [3.8, 4) is 22.3 Å². The normalized spacial score (nSPS) is 14.5. The molecule has 2 nitrogen and oxygen atoms in total. The first-order chi connectivity index (χ1) is 29.4. The first-order valence-corrected chi connectivity index (χ1v) is 21.6. The van der Waals surface area contributed by atoms with E-state index < -0.39 is 0 Å². The van der Waals surface area contributed by atoms with Crippen LogP contribution in [-0.2, 0) is 11.8 Å². The molecule has 0 saturated carbocycles. The van der Waals surface area contributed by atoms with Crippen molar-refractivity contribution in [3.05, 3.63) is 216 Å². The molecule has 0 unspecified atom stereocenters. The van der Waals surface area contributed by atoms with Crippen molar-refractivity contribution in [1.29, 1.82) is 0 Å². The van der Waals surface area contributed by atoms with Gasteiger partial charge in [-0.3, -0.25) is 0 Å². The molecule has 0 bridgehead atoms. The van der Waals surface area contributed by atoms with Gasteiger partial charge in [-0.2, -0.15) is 0 Å². The van der Waals surface area contributed by atoms with Gasteiger partial charge < -0.3 is 9.30 Å². The van der Waals surface area contributed by atoms with Crippen LogP contribution in [0.5, 0.6) is 0 Å². The molecular weight excluding hydrogens is 725 g/mol. The molecule has 0 amide bonds. The maximum atomic E-state index is 2.55. The fraction of sp³-hybridized carbons (Fsp3) is 0.138. The van der Waals surface area contributed by atoms with E-state index in [2.05, 4.69) is 219 Å². The van der Waals surface area contributed by atoms with Gasteiger partial charge in [-0.1, -0.05) is 154 Å². The van der Waals surface area contributed by atoms with Crippen LogP contribution in [0.3, 0.4) is 0 Å². The van der Waals surface area contributed by atoms with Gasteiger partial charge >= 0.3 is 0 Å². The van der Waals surface area contributed by atoms with E-state index in [0.29, 0.717) is 0 Å². The molecule has 2 heteroatoms. The van der Waals surface area contributed by atoms with Crippen molar-refractivity contribution < 1.29 is 0 Å². The van der Waals surface area contributed by atoms with Gasteiger partial charge in [0.2, 0.25) is 0 Å². The predicted octanol–water partition coefficient (Wildman–Crippen LogP) is 15.9. The molecule has 0 spiro atoms. The quantitative estimate of drug-likeness (QED) is 0.149. The van der Waals surface area contributed by atoms with E-state index in [4.69, 9.17) is 0 Å². The largest absolute Gasteiger partial charge is 0.310 e. The Morgan fingerprint density at radius 3 is 2.08 bits per heavy atom. The minimum absolute atomic E-state index is 0.215. The first-order valence-electron chi connectivity index (χ1n) is 21.6. The van der Waals surface area contributed by atoms with Crippen LogP contribution in [0, 0.1) is 0 Å². The first kappa shape index (κ1) is 36.2. The molecule has 2 aliphatic carbocycles. The number of hydrogen-bond acceptors (Lipinski definition) is 1. The van der Waals surface area contributed by atoms with Gasteiger partial charge in [0, 0.05) is 44.2 Å². The Labute approximate surface area is 353 Å². The number of fused-ring (bicyclic) bond motifs is 6. The zero-order chi connectivity index (χ0) is 40.5. The molecule has 0 N–H and O–H groups in total. The van der Waals surface area contributed by atoms with Gasteiger partial charge in [0.05, 0.1) is 16.7 Å². The van der Waals surface area contributed by atoms with Crippen molar-refractivity contribution in [1.82, 2.24) is 4.40 Å². The molecule has 0 fully saturated rings. The maximum absolute atomic E-state index is 2.55. The number of rotatable bonds is 8. The zero-order valence-electron chi connectivity index (χ0n) is 34.8. The van der Waals surface area contributed by atoms with E-state index in [1.165, 1.54) is 94.1 Å². The summed E-state index contributed by atoms with van der Waals surface area (Å²) >= 11 is 0. The Bertz CT molecular complexity index is 3210. The molecule has 2 aliphatic rings. The van der Waals surface area contributed by atoms with E-state index in [9.17, 15) is 0 Å². The van der Waals surface area contributed by atoms with Crippen molar-refractivity contribution in [2.75, 3.05) is 4.90 Å². The molecule has 7 aromatic carbocycles. The molecule has 2 aromatic heterocycles. The van der Waals surface area contributed by atoms with Crippen LogP contribution in [0.15, 0.2) is 182 Å². The summed E-state index contributed by atoms with van der Waals surface area (Å²) in [6.07, 6.45) is 12.2. The van der Waals surface area contributed by atoms with E-state index in [0.717, 1.165) is 36.3 Å².